The fourth-order valence-electron chi connectivity index (χ4n) is 3.87. The Kier molecular flexibility index (Phi) is 5.69. The average molecular weight is 380 g/mol. The van der Waals surface area contributed by atoms with E-state index in [9.17, 15) is 13.2 Å². The number of nitrogens with two attached hydrogens (primary N) is 1. The summed E-state index contributed by atoms with van der Waals surface area (Å²) in [7, 11) is -3.59. The first-order chi connectivity index (χ1) is 12.3. The lowest BCUT2D eigenvalue weighted by molar-refractivity contribution is 0.0933. The molecule has 1 heterocycles. The van der Waals surface area contributed by atoms with Gasteiger partial charge >= 0.3 is 0 Å². The van der Waals surface area contributed by atoms with Crippen LogP contribution in [-0.4, -0.2) is 44.3 Å². The summed E-state index contributed by atoms with van der Waals surface area (Å²) in [4.78, 5) is 12.7. The number of hydrogen-bond donors (Lipinski definition) is 2. The minimum absolute atomic E-state index is 0.0356. The zero-order chi connectivity index (χ0) is 18.9. The van der Waals surface area contributed by atoms with Gasteiger partial charge in [-0.3, -0.25) is 4.79 Å². The van der Waals surface area contributed by atoms with Crippen LogP contribution < -0.4 is 11.1 Å². The first-order valence-electron chi connectivity index (χ1n) is 9.42. The van der Waals surface area contributed by atoms with Crippen molar-refractivity contribution in [2.75, 3.05) is 19.6 Å². The van der Waals surface area contributed by atoms with Gasteiger partial charge in [0, 0.05) is 31.2 Å². The molecule has 26 heavy (non-hydrogen) atoms. The van der Waals surface area contributed by atoms with Gasteiger partial charge in [-0.15, -0.1) is 0 Å². The zero-order valence-electron chi connectivity index (χ0n) is 15.5. The molecule has 0 radical (unpaired) electrons. The Labute approximate surface area is 156 Å². The standard InChI is InChI=1S/C19H29N3O3S/c1-13-8-14(2)12-22(11-13)26(24,25)17-5-3-4-16(9-17)19(23)21-18(10-20)15-6-7-15/h3-5,9,13-15,18H,6-8,10-12,20H2,1-2H3,(H,21,23). The van der Waals surface area contributed by atoms with Gasteiger partial charge in [0.2, 0.25) is 10.0 Å². The van der Waals surface area contributed by atoms with E-state index in [-0.39, 0.29) is 16.8 Å². The van der Waals surface area contributed by atoms with Crippen molar-refractivity contribution < 1.29 is 13.2 Å². The number of benzene rings is 1. The summed E-state index contributed by atoms with van der Waals surface area (Å²) in [5, 5.41) is 2.94. The monoisotopic (exact) mass is 379 g/mol. The number of carbonyl (C=O) groups excluding carboxylic acids is 1. The number of amides is 1. The lowest BCUT2D eigenvalue weighted by Gasteiger charge is -2.34. The minimum Gasteiger partial charge on any atom is -0.348 e. The predicted molar refractivity (Wildman–Crippen MR) is 101 cm³/mol. The van der Waals surface area contributed by atoms with Gasteiger partial charge in [0.05, 0.1) is 4.90 Å². The van der Waals surface area contributed by atoms with Crippen LogP contribution in [0.1, 0.15) is 43.5 Å². The third-order valence-corrected chi connectivity index (χ3v) is 7.16. The van der Waals surface area contributed by atoms with E-state index in [4.69, 9.17) is 5.73 Å². The molecule has 3 N–H and O–H groups in total. The van der Waals surface area contributed by atoms with Crippen molar-refractivity contribution in [1.29, 1.82) is 0 Å². The number of nitrogens with zero attached hydrogens (tertiary/aromatic N) is 1. The fourth-order valence-corrected chi connectivity index (χ4v) is 5.59. The Morgan fingerprint density at radius 3 is 2.50 bits per heavy atom. The highest BCUT2D eigenvalue weighted by molar-refractivity contribution is 7.89. The zero-order valence-corrected chi connectivity index (χ0v) is 16.3. The maximum atomic E-state index is 13.0. The molecule has 0 bridgehead atoms. The van der Waals surface area contributed by atoms with Crippen molar-refractivity contribution in [3.05, 3.63) is 29.8 Å². The second kappa shape index (κ2) is 7.66. The summed E-state index contributed by atoms with van der Waals surface area (Å²) in [6, 6.07) is 6.29. The van der Waals surface area contributed by atoms with Crippen LogP contribution in [0.2, 0.25) is 0 Å². The molecular formula is C19H29N3O3S. The molecule has 1 amide bonds. The van der Waals surface area contributed by atoms with Gasteiger partial charge in [-0.2, -0.15) is 4.31 Å². The van der Waals surface area contributed by atoms with Crippen molar-refractivity contribution >= 4 is 15.9 Å². The highest BCUT2D eigenvalue weighted by Gasteiger charge is 2.33. The first kappa shape index (κ1) is 19.3. The van der Waals surface area contributed by atoms with Crippen molar-refractivity contribution in [2.24, 2.45) is 23.5 Å². The number of rotatable bonds is 6. The van der Waals surface area contributed by atoms with E-state index in [1.807, 2.05) is 0 Å². The van der Waals surface area contributed by atoms with Crippen LogP contribution in [0.3, 0.4) is 0 Å². The molecule has 3 atom stereocenters. The number of nitrogens with one attached hydrogen (secondary N) is 1. The van der Waals surface area contributed by atoms with E-state index in [2.05, 4.69) is 19.2 Å². The van der Waals surface area contributed by atoms with Gasteiger partial charge in [-0.1, -0.05) is 19.9 Å². The van der Waals surface area contributed by atoms with Crippen LogP contribution in [0.5, 0.6) is 0 Å². The van der Waals surface area contributed by atoms with Gasteiger partial charge in [-0.25, -0.2) is 8.42 Å². The number of sulfonamides is 1. The normalized spacial score (nSPS) is 25.7. The quantitative estimate of drug-likeness (QED) is 0.788. The second-order valence-electron chi connectivity index (χ2n) is 7.95. The molecule has 2 aliphatic rings. The number of hydrogen-bond acceptors (Lipinski definition) is 4. The molecule has 6 nitrogen and oxygen atoms in total. The summed E-state index contributed by atoms with van der Waals surface area (Å²) >= 11 is 0. The minimum atomic E-state index is -3.59. The highest BCUT2D eigenvalue weighted by atomic mass is 32.2. The molecule has 1 saturated heterocycles. The van der Waals surface area contributed by atoms with E-state index in [0.717, 1.165) is 19.3 Å². The third kappa shape index (κ3) is 4.27. The van der Waals surface area contributed by atoms with Gasteiger partial charge in [-0.05, 0) is 55.2 Å². The van der Waals surface area contributed by atoms with Crippen LogP contribution in [0, 0.1) is 17.8 Å². The average Bonchev–Trinajstić information content (AvgIpc) is 3.43. The first-order valence-corrected chi connectivity index (χ1v) is 10.9. The van der Waals surface area contributed by atoms with Crippen LogP contribution >= 0.6 is 0 Å². The van der Waals surface area contributed by atoms with Crippen molar-refractivity contribution in [1.82, 2.24) is 9.62 Å². The third-order valence-electron chi connectivity index (χ3n) is 5.33. The summed E-state index contributed by atoms with van der Waals surface area (Å²) in [5.74, 6) is 0.865. The fraction of sp³-hybridized carbons (Fsp3) is 0.632. The largest absolute Gasteiger partial charge is 0.348 e. The molecule has 3 unspecified atom stereocenters. The van der Waals surface area contributed by atoms with Crippen molar-refractivity contribution in [3.63, 3.8) is 0 Å². The summed E-state index contributed by atoms with van der Waals surface area (Å²) in [6.45, 7) is 5.61. The van der Waals surface area contributed by atoms with E-state index >= 15 is 0 Å². The van der Waals surface area contributed by atoms with Crippen LogP contribution in [0.4, 0.5) is 0 Å². The maximum absolute atomic E-state index is 13.0. The Morgan fingerprint density at radius 2 is 1.92 bits per heavy atom. The van der Waals surface area contributed by atoms with E-state index in [1.54, 1.807) is 22.5 Å². The maximum Gasteiger partial charge on any atom is 0.251 e. The second-order valence-corrected chi connectivity index (χ2v) is 9.89. The SMILES string of the molecule is CC1CC(C)CN(S(=O)(=O)c2cccc(C(=O)NC(CN)C3CC3)c2)C1. The van der Waals surface area contributed by atoms with Crippen molar-refractivity contribution in [3.8, 4) is 0 Å². The molecule has 1 aliphatic heterocycles. The number of piperidine rings is 1. The molecule has 0 spiro atoms. The lowest BCUT2D eigenvalue weighted by atomic mass is 9.94. The summed E-state index contributed by atoms with van der Waals surface area (Å²) in [6.07, 6.45) is 3.21. The molecule has 7 heteroatoms. The molecule has 2 fully saturated rings. The Balaban J connectivity index is 1.78. The van der Waals surface area contributed by atoms with Gasteiger partial charge < -0.3 is 11.1 Å². The van der Waals surface area contributed by atoms with Crippen LogP contribution in [0.15, 0.2) is 29.2 Å². The molecule has 1 aliphatic carbocycles. The molecule has 0 aromatic heterocycles. The van der Waals surface area contributed by atoms with Gasteiger partial charge in [0.25, 0.3) is 5.91 Å². The molecular weight excluding hydrogens is 350 g/mol. The topological polar surface area (TPSA) is 92.5 Å². The van der Waals surface area contributed by atoms with Crippen LogP contribution in [0.25, 0.3) is 0 Å². The highest BCUT2D eigenvalue weighted by Crippen LogP contribution is 2.32. The van der Waals surface area contributed by atoms with Gasteiger partial charge in [0.1, 0.15) is 0 Å². The molecule has 3 rings (SSSR count). The number of carbonyl (C=O) groups is 1. The summed E-state index contributed by atoms with van der Waals surface area (Å²) in [5.41, 5.74) is 6.11. The Morgan fingerprint density at radius 1 is 1.27 bits per heavy atom. The smallest absolute Gasteiger partial charge is 0.251 e. The van der Waals surface area contributed by atoms with Gasteiger partial charge in [0.15, 0.2) is 0 Å². The van der Waals surface area contributed by atoms with E-state index < -0.39 is 10.0 Å². The molecule has 1 aromatic rings. The lowest BCUT2D eigenvalue weighted by Crippen LogP contribution is -2.43. The van der Waals surface area contributed by atoms with Crippen LogP contribution in [-0.2, 0) is 10.0 Å². The Bertz CT molecular complexity index is 751. The van der Waals surface area contributed by atoms with Crippen molar-refractivity contribution in [2.45, 2.75) is 44.0 Å². The Hall–Kier alpha value is -1.44. The predicted octanol–water partition coefficient (Wildman–Crippen LogP) is 1.82. The molecule has 144 valence electrons. The van der Waals surface area contributed by atoms with E-state index in [1.165, 1.54) is 6.07 Å². The summed E-state index contributed by atoms with van der Waals surface area (Å²) < 4.78 is 27.6. The van der Waals surface area contributed by atoms with E-state index in [0.29, 0.717) is 43.0 Å². The molecule has 1 saturated carbocycles. The molecule has 1 aromatic carbocycles.